The molecule has 0 amide bonds. The van der Waals surface area contributed by atoms with Gasteiger partial charge in [0.05, 0.1) is 6.61 Å². The molecule has 0 fully saturated rings. The molecule has 0 aliphatic heterocycles. The van der Waals surface area contributed by atoms with Crippen LogP contribution in [-0.2, 0) is 14.1 Å². The van der Waals surface area contributed by atoms with Crippen LogP contribution in [0.2, 0.25) is 0 Å². The predicted molar refractivity (Wildman–Crippen MR) is 90.1 cm³/mol. The molecule has 0 heterocycles. The fourth-order valence-corrected chi connectivity index (χ4v) is 4.88. The highest BCUT2D eigenvalue weighted by Crippen LogP contribution is 2.52. The van der Waals surface area contributed by atoms with E-state index in [0.29, 0.717) is 11.7 Å². The maximum absolute atomic E-state index is 13.8. The third kappa shape index (κ3) is 3.55. The van der Waals surface area contributed by atoms with E-state index in [9.17, 15) is 9.36 Å². The summed E-state index contributed by atoms with van der Waals surface area (Å²) in [5.41, 5.74) is 0. The molecule has 0 bridgehead atoms. The first kappa shape index (κ1) is 16.3. The maximum Gasteiger partial charge on any atom is 0.302 e. The molecular weight excluding hydrogens is 295 g/mol. The minimum Gasteiger partial charge on any atom is -0.466 e. The van der Waals surface area contributed by atoms with Gasteiger partial charge in [0.25, 0.3) is 0 Å². The molecule has 0 radical (unpaired) electrons. The van der Waals surface area contributed by atoms with Crippen LogP contribution in [-0.4, -0.2) is 12.6 Å². The first-order chi connectivity index (χ1) is 10.5. The van der Waals surface area contributed by atoms with Gasteiger partial charge in [0, 0.05) is 24.0 Å². The predicted octanol–water partition coefficient (Wildman–Crippen LogP) is 3.47. The highest BCUT2D eigenvalue weighted by molar-refractivity contribution is 7.82. The van der Waals surface area contributed by atoms with Crippen LogP contribution in [0.1, 0.15) is 13.3 Å². The fraction of sp³-hybridized carbons (Fsp3) is 0.167. The molecule has 2 aromatic rings. The van der Waals surface area contributed by atoms with E-state index in [1.807, 2.05) is 60.7 Å². The van der Waals surface area contributed by atoms with E-state index in [0.717, 1.165) is 10.6 Å². The lowest BCUT2D eigenvalue weighted by Gasteiger charge is -2.21. The number of carbonyl (C=O) groups is 1. The van der Waals surface area contributed by atoms with Crippen LogP contribution in [0, 0.1) is 0 Å². The standard InChI is InChI=1S/C18H19O3P/c1-15(13-14-21-16(2)19)22(20,17-9-5-3-6-10-17)18-11-7-4-8-12-18/h3-12H,1,13-14H2,2H3. The van der Waals surface area contributed by atoms with Crippen LogP contribution in [0.5, 0.6) is 0 Å². The summed E-state index contributed by atoms with van der Waals surface area (Å²) in [5, 5.41) is 2.08. The fourth-order valence-electron chi connectivity index (χ4n) is 2.26. The second kappa shape index (κ2) is 7.24. The van der Waals surface area contributed by atoms with Gasteiger partial charge in [-0.2, -0.15) is 0 Å². The molecule has 4 heteroatoms. The minimum absolute atomic E-state index is 0.192. The number of ether oxygens (including phenoxy) is 1. The molecule has 0 saturated carbocycles. The van der Waals surface area contributed by atoms with E-state index < -0.39 is 7.14 Å². The van der Waals surface area contributed by atoms with Gasteiger partial charge in [-0.05, 0) is 5.31 Å². The molecule has 3 nitrogen and oxygen atoms in total. The zero-order valence-electron chi connectivity index (χ0n) is 12.6. The topological polar surface area (TPSA) is 43.4 Å². The summed E-state index contributed by atoms with van der Waals surface area (Å²) in [6.45, 7) is 5.57. The van der Waals surface area contributed by atoms with Crippen LogP contribution < -0.4 is 10.6 Å². The Bertz CT molecular complexity index is 649. The monoisotopic (exact) mass is 314 g/mol. The summed E-state index contributed by atoms with van der Waals surface area (Å²) in [6, 6.07) is 18.6. The molecule has 0 N–H and O–H groups in total. The Labute approximate surface area is 131 Å². The lowest BCUT2D eigenvalue weighted by molar-refractivity contribution is -0.140. The largest absolute Gasteiger partial charge is 0.466 e. The maximum atomic E-state index is 13.8. The molecule has 0 atom stereocenters. The van der Waals surface area contributed by atoms with Gasteiger partial charge in [-0.15, -0.1) is 0 Å². The molecule has 0 unspecified atom stereocenters. The molecule has 0 aliphatic carbocycles. The van der Waals surface area contributed by atoms with Crippen molar-refractivity contribution >= 4 is 23.7 Å². The normalized spacial score (nSPS) is 11.0. The lowest BCUT2D eigenvalue weighted by Crippen LogP contribution is -2.18. The summed E-state index contributed by atoms with van der Waals surface area (Å²) in [5.74, 6) is -0.345. The van der Waals surface area contributed by atoms with Crippen molar-refractivity contribution in [1.82, 2.24) is 0 Å². The van der Waals surface area contributed by atoms with Crippen molar-refractivity contribution in [2.24, 2.45) is 0 Å². The Morgan fingerprint density at radius 2 is 1.45 bits per heavy atom. The molecule has 0 saturated heterocycles. The van der Waals surface area contributed by atoms with Crippen molar-refractivity contribution in [2.75, 3.05) is 6.61 Å². The van der Waals surface area contributed by atoms with Gasteiger partial charge in [-0.25, -0.2) is 0 Å². The van der Waals surface area contributed by atoms with Gasteiger partial charge in [0.2, 0.25) is 0 Å². The molecule has 0 aliphatic rings. The van der Waals surface area contributed by atoms with Crippen LogP contribution in [0.25, 0.3) is 0 Å². The number of hydrogen-bond acceptors (Lipinski definition) is 3. The molecule has 0 spiro atoms. The zero-order valence-corrected chi connectivity index (χ0v) is 13.5. The van der Waals surface area contributed by atoms with E-state index in [1.165, 1.54) is 6.92 Å². The Kier molecular flexibility index (Phi) is 5.35. The second-order valence-electron chi connectivity index (χ2n) is 4.94. The van der Waals surface area contributed by atoms with Gasteiger partial charge in [-0.1, -0.05) is 67.2 Å². The molecule has 2 rings (SSSR count). The SMILES string of the molecule is C=C(CCOC(C)=O)P(=O)(c1ccccc1)c1ccccc1. The van der Waals surface area contributed by atoms with Crippen LogP contribution in [0.4, 0.5) is 0 Å². The average Bonchev–Trinajstić information content (AvgIpc) is 2.55. The number of rotatable bonds is 6. The van der Waals surface area contributed by atoms with Gasteiger partial charge in [-0.3, -0.25) is 4.79 Å². The van der Waals surface area contributed by atoms with Crippen molar-refractivity contribution in [3.8, 4) is 0 Å². The van der Waals surface area contributed by atoms with E-state index in [4.69, 9.17) is 4.74 Å². The first-order valence-electron chi connectivity index (χ1n) is 7.08. The second-order valence-corrected chi connectivity index (χ2v) is 7.82. The Morgan fingerprint density at radius 3 is 1.86 bits per heavy atom. The van der Waals surface area contributed by atoms with Crippen molar-refractivity contribution in [3.05, 3.63) is 72.6 Å². The summed E-state index contributed by atoms with van der Waals surface area (Å²) in [7, 11) is -2.96. The summed E-state index contributed by atoms with van der Waals surface area (Å²) in [6.07, 6.45) is 0.376. The smallest absolute Gasteiger partial charge is 0.302 e. The van der Waals surface area contributed by atoms with Crippen molar-refractivity contribution in [2.45, 2.75) is 13.3 Å². The summed E-state index contributed by atoms with van der Waals surface area (Å²) in [4.78, 5) is 10.9. The Hall–Kier alpha value is -2.12. The van der Waals surface area contributed by atoms with E-state index in [2.05, 4.69) is 6.58 Å². The van der Waals surface area contributed by atoms with Gasteiger partial charge in [0.15, 0.2) is 7.14 Å². The van der Waals surface area contributed by atoms with E-state index in [1.54, 1.807) is 0 Å². The lowest BCUT2D eigenvalue weighted by atomic mass is 10.4. The van der Waals surface area contributed by atoms with Gasteiger partial charge >= 0.3 is 5.97 Å². The highest BCUT2D eigenvalue weighted by atomic mass is 31.2. The molecule has 22 heavy (non-hydrogen) atoms. The third-order valence-corrected chi connectivity index (χ3v) is 6.55. The molecule has 114 valence electrons. The molecule has 0 aromatic heterocycles. The Morgan fingerprint density at radius 1 is 1.00 bits per heavy atom. The van der Waals surface area contributed by atoms with Crippen LogP contribution in [0.3, 0.4) is 0 Å². The van der Waals surface area contributed by atoms with Crippen molar-refractivity contribution in [1.29, 1.82) is 0 Å². The van der Waals surface area contributed by atoms with Crippen molar-refractivity contribution in [3.63, 3.8) is 0 Å². The number of carbonyl (C=O) groups excluding carboxylic acids is 1. The van der Waals surface area contributed by atoms with Gasteiger partial charge < -0.3 is 9.30 Å². The quantitative estimate of drug-likeness (QED) is 0.606. The van der Waals surface area contributed by atoms with Crippen LogP contribution >= 0.6 is 7.14 Å². The summed E-state index contributed by atoms with van der Waals surface area (Å²) >= 11 is 0. The van der Waals surface area contributed by atoms with Crippen molar-refractivity contribution < 1.29 is 14.1 Å². The summed E-state index contributed by atoms with van der Waals surface area (Å²) < 4.78 is 18.7. The average molecular weight is 314 g/mol. The number of benzene rings is 2. The van der Waals surface area contributed by atoms with Crippen LogP contribution in [0.15, 0.2) is 72.6 Å². The van der Waals surface area contributed by atoms with Gasteiger partial charge in [0.1, 0.15) is 0 Å². The number of esters is 1. The third-order valence-electron chi connectivity index (χ3n) is 3.38. The highest BCUT2D eigenvalue weighted by Gasteiger charge is 2.30. The zero-order chi connectivity index (χ0) is 16.0. The minimum atomic E-state index is -2.96. The van der Waals surface area contributed by atoms with E-state index >= 15 is 0 Å². The Balaban J connectivity index is 2.37. The van der Waals surface area contributed by atoms with E-state index in [-0.39, 0.29) is 12.6 Å². The molecule has 2 aromatic carbocycles. The molecular formula is C18H19O3P. The first-order valence-corrected chi connectivity index (χ1v) is 8.79. The number of hydrogen-bond donors (Lipinski definition) is 0.